The summed E-state index contributed by atoms with van der Waals surface area (Å²) < 4.78 is 5.36. The summed E-state index contributed by atoms with van der Waals surface area (Å²) >= 11 is 2.98. The summed E-state index contributed by atoms with van der Waals surface area (Å²) in [6.07, 6.45) is 3.71. The lowest BCUT2D eigenvalue weighted by molar-refractivity contribution is -0.114. The van der Waals surface area contributed by atoms with Crippen LogP contribution in [0.15, 0.2) is 44.8 Å². The largest absolute Gasteiger partial charge is 0.378 e. The number of ether oxygens (including phenoxy) is 1. The van der Waals surface area contributed by atoms with Crippen LogP contribution in [0.4, 0.5) is 0 Å². The van der Waals surface area contributed by atoms with Crippen molar-refractivity contribution in [3.05, 3.63) is 35.4 Å². The van der Waals surface area contributed by atoms with Crippen LogP contribution in [0.5, 0.6) is 0 Å². The van der Waals surface area contributed by atoms with Crippen LogP contribution in [-0.2, 0) is 9.53 Å². The second-order valence-electron chi connectivity index (χ2n) is 5.78. The lowest BCUT2D eigenvalue weighted by atomic mass is 10.1. The van der Waals surface area contributed by atoms with Gasteiger partial charge in [-0.25, -0.2) is 0 Å². The summed E-state index contributed by atoms with van der Waals surface area (Å²) in [6, 6.07) is 7.84. The van der Waals surface area contributed by atoms with Gasteiger partial charge in [0, 0.05) is 18.0 Å². The zero-order valence-corrected chi connectivity index (χ0v) is 15.8. The van der Waals surface area contributed by atoms with E-state index in [2.05, 4.69) is 15.0 Å². The predicted molar refractivity (Wildman–Crippen MR) is 106 cm³/mol. The van der Waals surface area contributed by atoms with Gasteiger partial charge in [-0.05, 0) is 41.8 Å². The molecular weight excluding hydrogens is 370 g/mol. The number of aliphatic imine (C=N–C) groups is 1. The van der Waals surface area contributed by atoms with Crippen LogP contribution in [0.25, 0.3) is 6.08 Å². The number of amides is 1. The molecule has 0 bridgehead atoms. The Labute approximate surface area is 159 Å². The van der Waals surface area contributed by atoms with Gasteiger partial charge in [-0.15, -0.1) is 16.9 Å². The number of amidine groups is 3. The van der Waals surface area contributed by atoms with E-state index in [4.69, 9.17) is 10.1 Å². The summed E-state index contributed by atoms with van der Waals surface area (Å²) in [5, 5.41) is 15.6. The Balaban J connectivity index is 1.60. The van der Waals surface area contributed by atoms with Crippen LogP contribution in [0.3, 0.4) is 0 Å². The molecule has 1 saturated heterocycles. The fraction of sp³-hybridized carbons (Fsp3) is 0.294. The highest BCUT2D eigenvalue weighted by atomic mass is 32.2. The van der Waals surface area contributed by atoms with E-state index in [0.29, 0.717) is 18.4 Å². The number of benzene rings is 1. The monoisotopic (exact) mass is 387 g/mol. The summed E-state index contributed by atoms with van der Waals surface area (Å²) in [7, 11) is 0. The average Bonchev–Trinajstić information content (AvgIpc) is 3.10. The summed E-state index contributed by atoms with van der Waals surface area (Å²) in [6.45, 7) is 2.80. The highest BCUT2D eigenvalue weighted by Crippen LogP contribution is 2.30. The van der Waals surface area contributed by atoms with E-state index in [0.717, 1.165) is 28.7 Å². The van der Waals surface area contributed by atoms with Crippen molar-refractivity contribution < 1.29 is 9.53 Å². The fourth-order valence-electron chi connectivity index (χ4n) is 2.73. The molecule has 4 rings (SSSR count). The van der Waals surface area contributed by atoms with Crippen LogP contribution >= 0.6 is 23.5 Å². The van der Waals surface area contributed by atoms with Crippen LogP contribution in [0.1, 0.15) is 5.56 Å². The Bertz CT molecular complexity index is 841. The van der Waals surface area contributed by atoms with Gasteiger partial charge < -0.3 is 9.64 Å². The van der Waals surface area contributed by atoms with E-state index in [1.165, 1.54) is 16.8 Å². The maximum Gasteiger partial charge on any atom is 0.283 e. The Kier molecular flexibility index (Phi) is 4.84. The minimum atomic E-state index is -0.402. The zero-order chi connectivity index (χ0) is 18.1. The molecule has 0 saturated carbocycles. The van der Waals surface area contributed by atoms with Gasteiger partial charge in [0.15, 0.2) is 11.0 Å². The summed E-state index contributed by atoms with van der Waals surface area (Å²) in [5.74, 6) is -0.342. The molecule has 1 N–H and O–H groups in total. The van der Waals surface area contributed by atoms with Crippen molar-refractivity contribution in [2.24, 2.45) is 10.1 Å². The molecule has 3 aliphatic heterocycles. The number of hydrogen-bond acceptors (Lipinski definition) is 7. The van der Waals surface area contributed by atoms with Crippen molar-refractivity contribution in [2.45, 2.75) is 4.90 Å². The topological polar surface area (TPSA) is 81.3 Å². The number of fused-ring (bicyclic) bond motifs is 1. The fourth-order valence-corrected chi connectivity index (χ4v) is 4.08. The van der Waals surface area contributed by atoms with Crippen molar-refractivity contribution in [1.29, 1.82) is 5.41 Å². The van der Waals surface area contributed by atoms with Crippen LogP contribution in [0, 0.1) is 5.41 Å². The van der Waals surface area contributed by atoms with E-state index in [9.17, 15) is 4.79 Å². The molecule has 134 valence electrons. The number of nitrogens with zero attached hydrogens (tertiary/aromatic N) is 4. The molecule has 0 atom stereocenters. The maximum absolute atomic E-state index is 12.4. The first-order chi connectivity index (χ1) is 12.7. The van der Waals surface area contributed by atoms with Gasteiger partial charge >= 0.3 is 0 Å². The average molecular weight is 387 g/mol. The number of hydrazone groups is 1. The van der Waals surface area contributed by atoms with Crippen LogP contribution in [-0.4, -0.2) is 64.5 Å². The number of hydrogen-bond donors (Lipinski definition) is 1. The molecule has 0 radical (unpaired) electrons. The molecule has 1 aromatic rings. The van der Waals surface area contributed by atoms with E-state index >= 15 is 0 Å². The molecule has 7 nitrogen and oxygen atoms in total. The molecular formula is C17H17N5O2S2. The predicted octanol–water partition coefficient (Wildman–Crippen LogP) is 2.32. The second-order valence-corrected chi connectivity index (χ2v) is 7.59. The molecule has 9 heteroatoms. The van der Waals surface area contributed by atoms with E-state index in [1.807, 2.05) is 30.5 Å². The van der Waals surface area contributed by atoms with Crippen molar-refractivity contribution in [3.63, 3.8) is 0 Å². The third kappa shape index (κ3) is 3.29. The van der Waals surface area contributed by atoms with Crippen LogP contribution in [0.2, 0.25) is 0 Å². The number of morpholine rings is 1. The van der Waals surface area contributed by atoms with E-state index < -0.39 is 5.91 Å². The number of carbonyl (C=O) groups is 1. The molecule has 1 fully saturated rings. The first kappa shape index (κ1) is 17.3. The van der Waals surface area contributed by atoms with Gasteiger partial charge in [0.25, 0.3) is 5.91 Å². The van der Waals surface area contributed by atoms with Gasteiger partial charge in [-0.3, -0.25) is 10.2 Å². The molecule has 1 amide bonds. The molecule has 0 aromatic heterocycles. The van der Waals surface area contributed by atoms with Gasteiger partial charge in [-0.1, -0.05) is 12.1 Å². The molecule has 1 aromatic carbocycles. The van der Waals surface area contributed by atoms with Gasteiger partial charge in [0.2, 0.25) is 5.17 Å². The Morgan fingerprint density at radius 1 is 1.23 bits per heavy atom. The number of carbonyl (C=O) groups excluding carboxylic acids is 1. The van der Waals surface area contributed by atoms with Crippen LogP contribution < -0.4 is 0 Å². The zero-order valence-electron chi connectivity index (χ0n) is 14.1. The van der Waals surface area contributed by atoms with Crippen molar-refractivity contribution in [1.82, 2.24) is 9.91 Å². The lowest BCUT2D eigenvalue weighted by Crippen LogP contribution is -2.39. The first-order valence-electron chi connectivity index (χ1n) is 8.12. The minimum Gasteiger partial charge on any atom is -0.378 e. The molecule has 3 heterocycles. The molecule has 3 aliphatic rings. The smallest absolute Gasteiger partial charge is 0.283 e. The normalized spacial score (nSPS) is 21.8. The Morgan fingerprint density at radius 2 is 1.96 bits per heavy atom. The highest BCUT2D eigenvalue weighted by molar-refractivity contribution is 8.26. The Hall–Kier alpha value is -2.10. The van der Waals surface area contributed by atoms with Crippen molar-refractivity contribution in [2.75, 3.05) is 32.6 Å². The van der Waals surface area contributed by atoms with Crippen molar-refractivity contribution in [3.8, 4) is 0 Å². The second kappa shape index (κ2) is 7.26. The molecule has 0 aliphatic carbocycles. The number of thioether (sulfide) groups is 2. The first-order valence-corrected chi connectivity index (χ1v) is 10.2. The standard InChI is InChI=1S/C17H17N5O2S2/c1-25-12-4-2-11(3-5-12)10-13-14(18)22-16(19-15(13)23)26-17(20-22)21-6-8-24-9-7-21/h2-5,10,18H,6-9H2,1H3/b13-10+,18-14?. The quantitative estimate of drug-likeness (QED) is 0.620. The third-order valence-electron chi connectivity index (χ3n) is 4.15. The van der Waals surface area contributed by atoms with Gasteiger partial charge in [0.05, 0.1) is 18.8 Å². The van der Waals surface area contributed by atoms with Crippen molar-refractivity contribution >= 4 is 51.7 Å². The molecule has 0 unspecified atom stereocenters. The highest BCUT2D eigenvalue weighted by Gasteiger charge is 2.37. The molecule has 0 spiro atoms. The SMILES string of the molecule is CSc1ccc(/C=C2\C(=N)N3N=C(N4CCOCC4)SC3=NC2=O)cc1. The lowest BCUT2D eigenvalue weighted by Gasteiger charge is -2.26. The maximum atomic E-state index is 12.4. The third-order valence-corrected chi connectivity index (χ3v) is 5.87. The Morgan fingerprint density at radius 3 is 2.65 bits per heavy atom. The molecule has 26 heavy (non-hydrogen) atoms. The number of rotatable bonds is 2. The van der Waals surface area contributed by atoms with Gasteiger partial charge in [0.1, 0.15) is 0 Å². The van der Waals surface area contributed by atoms with Gasteiger partial charge in [-0.2, -0.15) is 10.0 Å². The summed E-state index contributed by atoms with van der Waals surface area (Å²) in [5.41, 5.74) is 1.11. The van der Waals surface area contributed by atoms with E-state index in [-0.39, 0.29) is 11.4 Å². The minimum absolute atomic E-state index is 0.0599. The summed E-state index contributed by atoms with van der Waals surface area (Å²) in [4.78, 5) is 19.8. The van der Waals surface area contributed by atoms with E-state index in [1.54, 1.807) is 17.8 Å². The number of nitrogens with one attached hydrogen (secondary N) is 1.